The molecule has 0 unspecified atom stereocenters. The van der Waals surface area contributed by atoms with Crippen LogP contribution in [-0.2, 0) is 13.6 Å². The molecule has 4 nitrogen and oxygen atoms in total. The molecule has 2 aromatic heterocycles. The summed E-state index contributed by atoms with van der Waals surface area (Å²) in [6.45, 7) is 0.395. The largest absolute Gasteiger partial charge is 0.347 e. The lowest BCUT2D eigenvalue weighted by atomic mass is 10.3. The van der Waals surface area contributed by atoms with E-state index in [1.807, 2.05) is 6.20 Å². The normalized spacial score (nSPS) is 10.4. The fourth-order valence-electron chi connectivity index (χ4n) is 1.27. The predicted molar refractivity (Wildman–Crippen MR) is 58.7 cm³/mol. The minimum Gasteiger partial charge on any atom is -0.347 e. The lowest BCUT2D eigenvalue weighted by molar-refractivity contribution is 0.0955. The Bertz CT molecular complexity index is 506. The summed E-state index contributed by atoms with van der Waals surface area (Å²) in [6.07, 6.45) is 3.49. The number of nitrogens with zero attached hydrogens (tertiary/aromatic N) is 2. The van der Waals surface area contributed by atoms with Crippen LogP contribution >= 0.6 is 11.3 Å². The summed E-state index contributed by atoms with van der Waals surface area (Å²) in [4.78, 5) is 11.9. The highest BCUT2D eigenvalue weighted by atomic mass is 32.1. The van der Waals surface area contributed by atoms with Gasteiger partial charge in [-0.15, -0.1) is 11.3 Å². The first-order chi connectivity index (χ1) is 7.65. The van der Waals surface area contributed by atoms with E-state index in [0.29, 0.717) is 11.4 Å². The molecule has 0 spiro atoms. The van der Waals surface area contributed by atoms with E-state index in [2.05, 4.69) is 10.4 Å². The fourth-order valence-corrected chi connectivity index (χ4v) is 1.92. The standard InChI is InChI=1S/C10H10FN3OS/c1-14-6-7(5-13-14)4-12-10(15)8-2-3-9(11)16-8/h2-3,5-6H,4H2,1H3,(H,12,15). The fraction of sp³-hybridized carbons (Fsp3) is 0.200. The van der Waals surface area contributed by atoms with E-state index in [-0.39, 0.29) is 11.0 Å². The summed E-state index contributed by atoms with van der Waals surface area (Å²) in [6, 6.07) is 2.75. The van der Waals surface area contributed by atoms with E-state index in [1.54, 1.807) is 17.9 Å². The first kappa shape index (κ1) is 10.8. The number of amides is 1. The molecule has 2 aromatic rings. The Morgan fingerprint density at radius 1 is 1.62 bits per heavy atom. The number of nitrogens with one attached hydrogen (secondary N) is 1. The predicted octanol–water partition coefficient (Wildman–Crippen LogP) is 1.55. The molecule has 0 aliphatic rings. The van der Waals surface area contributed by atoms with Gasteiger partial charge in [0.15, 0.2) is 5.13 Å². The molecular formula is C10H10FN3OS. The molecule has 1 amide bonds. The van der Waals surface area contributed by atoms with Crippen molar-refractivity contribution in [3.63, 3.8) is 0 Å². The van der Waals surface area contributed by atoms with Gasteiger partial charge in [0, 0.05) is 25.4 Å². The van der Waals surface area contributed by atoms with Crippen molar-refractivity contribution in [1.29, 1.82) is 0 Å². The number of carbonyl (C=O) groups is 1. The number of rotatable bonds is 3. The SMILES string of the molecule is Cn1cc(CNC(=O)c2ccc(F)s2)cn1. The van der Waals surface area contributed by atoms with Crippen LogP contribution in [0.15, 0.2) is 24.5 Å². The van der Waals surface area contributed by atoms with Crippen LogP contribution in [0.2, 0.25) is 0 Å². The zero-order valence-electron chi connectivity index (χ0n) is 8.61. The van der Waals surface area contributed by atoms with Crippen molar-refractivity contribution >= 4 is 17.2 Å². The molecule has 0 saturated heterocycles. The minimum absolute atomic E-state index is 0.266. The van der Waals surface area contributed by atoms with E-state index in [4.69, 9.17) is 0 Å². The van der Waals surface area contributed by atoms with E-state index in [1.165, 1.54) is 12.1 Å². The third-order valence-corrected chi connectivity index (χ3v) is 2.88. The minimum atomic E-state index is -0.355. The molecule has 0 fully saturated rings. The van der Waals surface area contributed by atoms with Crippen molar-refractivity contribution in [2.24, 2.45) is 7.05 Å². The molecular weight excluding hydrogens is 229 g/mol. The van der Waals surface area contributed by atoms with Gasteiger partial charge in [-0.2, -0.15) is 9.49 Å². The number of carbonyl (C=O) groups excluding carboxylic acids is 1. The molecule has 0 saturated carbocycles. The summed E-state index contributed by atoms with van der Waals surface area (Å²) in [7, 11) is 1.81. The molecule has 0 aliphatic heterocycles. The van der Waals surface area contributed by atoms with Crippen LogP contribution in [-0.4, -0.2) is 15.7 Å². The van der Waals surface area contributed by atoms with Gasteiger partial charge in [-0.1, -0.05) is 0 Å². The number of halogens is 1. The molecule has 1 N–H and O–H groups in total. The molecule has 16 heavy (non-hydrogen) atoms. The van der Waals surface area contributed by atoms with Gasteiger partial charge in [0.1, 0.15) is 0 Å². The second-order valence-electron chi connectivity index (χ2n) is 3.31. The Kier molecular flexibility index (Phi) is 3.00. The molecule has 0 aromatic carbocycles. The molecule has 6 heteroatoms. The lowest BCUT2D eigenvalue weighted by Gasteiger charge is -2.00. The van der Waals surface area contributed by atoms with Crippen molar-refractivity contribution in [1.82, 2.24) is 15.1 Å². The Labute approximate surface area is 95.7 Å². The second-order valence-corrected chi connectivity index (χ2v) is 4.34. The third-order valence-electron chi connectivity index (χ3n) is 2.01. The Balaban J connectivity index is 1.93. The molecule has 0 radical (unpaired) electrons. The average molecular weight is 239 g/mol. The maximum Gasteiger partial charge on any atom is 0.261 e. The van der Waals surface area contributed by atoms with Gasteiger partial charge in [0.25, 0.3) is 5.91 Å². The summed E-state index contributed by atoms with van der Waals surface area (Å²) in [5.74, 6) is -0.266. The van der Waals surface area contributed by atoms with Crippen LogP contribution in [0.25, 0.3) is 0 Å². The van der Waals surface area contributed by atoms with Gasteiger partial charge in [-0.25, -0.2) is 0 Å². The first-order valence-corrected chi connectivity index (χ1v) is 5.48. The number of hydrogen-bond donors (Lipinski definition) is 1. The summed E-state index contributed by atoms with van der Waals surface area (Å²) < 4.78 is 14.3. The van der Waals surface area contributed by atoms with E-state index in [9.17, 15) is 9.18 Å². The van der Waals surface area contributed by atoms with E-state index in [0.717, 1.165) is 16.9 Å². The van der Waals surface area contributed by atoms with Crippen molar-refractivity contribution in [3.8, 4) is 0 Å². The number of aryl methyl sites for hydroxylation is 1. The van der Waals surface area contributed by atoms with Crippen LogP contribution in [0, 0.1) is 5.13 Å². The maximum absolute atomic E-state index is 12.7. The van der Waals surface area contributed by atoms with Gasteiger partial charge < -0.3 is 5.32 Å². The molecule has 2 heterocycles. The van der Waals surface area contributed by atoms with Gasteiger partial charge in [0.05, 0.1) is 11.1 Å². The van der Waals surface area contributed by atoms with E-state index < -0.39 is 0 Å². The monoisotopic (exact) mass is 239 g/mol. The van der Waals surface area contributed by atoms with Crippen molar-refractivity contribution in [2.75, 3.05) is 0 Å². The zero-order valence-corrected chi connectivity index (χ0v) is 9.42. The highest BCUT2D eigenvalue weighted by Gasteiger charge is 2.08. The van der Waals surface area contributed by atoms with Gasteiger partial charge in [0.2, 0.25) is 0 Å². The summed E-state index contributed by atoms with van der Waals surface area (Å²) in [5, 5.41) is 6.32. The smallest absolute Gasteiger partial charge is 0.261 e. The first-order valence-electron chi connectivity index (χ1n) is 4.66. The van der Waals surface area contributed by atoms with Crippen molar-refractivity contribution in [2.45, 2.75) is 6.54 Å². The lowest BCUT2D eigenvalue weighted by Crippen LogP contribution is -2.21. The molecule has 2 rings (SSSR count). The Morgan fingerprint density at radius 3 is 3.00 bits per heavy atom. The van der Waals surface area contributed by atoms with Crippen LogP contribution in [0.3, 0.4) is 0 Å². The highest BCUT2D eigenvalue weighted by Crippen LogP contribution is 2.14. The highest BCUT2D eigenvalue weighted by molar-refractivity contribution is 7.12. The molecule has 0 atom stereocenters. The zero-order chi connectivity index (χ0) is 11.5. The Morgan fingerprint density at radius 2 is 2.44 bits per heavy atom. The molecule has 84 valence electrons. The van der Waals surface area contributed by atoms with Crippen LogP contribution in [0.1, 0.15) is 15.2 Å². The number of thiophene rings is 1. The van der Waals surface area contributed by atoms with Crippen LogP contribution < -0.4 is 5.32 Å². The second kappa shape index (κ2) is 4.44. The average Bonchev–Trinajstić information content (AvgIpc) is 2.84. The van der Waals surface area contributed by atoms with Crippen molar-refractivity contribution < 1.29 is 9.18 Å². The summed E-state index contributed by atoms with van der Waals surface area (Å²) >= 11 is 0.837. The Hall–Kier alpha value is -1.69. The van der Waals surface area contributed by atoms with Gasteiger partial charge in [-0.05, 0) is 12.1 Å². The quantitative estimate of drug-likeness (QED) is 0.883. The third kappa shape index (κ3) is 2.46. The van der Waals surface area contributed by atoms with Crippen molar-refractivity contribution in [3.05, 3.63) is 40.1 Å². The molecule has 0 aliphatic carbocycles. The number of hydrogen-bond acceptors (Lipinski definition) is 3. The molecule has 0 bridgehead atoms. The maximum atomic E-state index is 12.7. The summed E-state index contributed by atoms with van der Waals surface area (Å²) in [5.41, 5.74) is 0.910. The van der Waals surface area contributed by atoms with Gasteiger partial charge in [-0.3, -0.25) is 9.48 Å². The van der Waals surface area contributed by atoms with E-state index >= 15 is 0 Å². The topological polar surface area (TPSA) is 46.9 Å². The van der Waals surface area contributed by atoms with Crippen LogP contribution in [0.5, 0.6) is 0 Å². The van der Waals surface area contributed by atoms with Crippen LogP contribution in [0.4, 0.5) is 4.39 Å². The van der Waals surface area contributed by atoms with Gasteiger partial charge >= 0.3 is 0 Å². The number of aromatic nitrogens is 2.